The lowest BCUT2D eigenvalue weighted by atomic mass is 9.99. The van der Waals surface area contributed by atoms with Crippen molar-refractivity contribution in [1.29, 1.82) is 0 Å². The van der Waals surface area contributed by atoms with Crippen molar-refractivity contribution >= 4 is 0 Å². The molecule has 0 spiro atoms. The van der Waals surface area contributed by atoms with Crippen LogP contribution in [-0.2, 0) is 6.42 Å². The van der Waals surface area contributed by atoms with Crippen molar-refractivity contribution in [3.8, 4) is 16.9 Å². The van der Waals surface area contributed by atoms with Gasteiger partial charge in [-0.3, -0.25) is 5.32 Å². The van der Waals surface area contributed by atoms with Crippen LogP contribution in [0, 0.1) is 11.1 Å². The molecular weight excluding hydrogens is 300 g/mol. The second kappa shape index (κ2) is 6.20. The molecule has 0 bridgehead atoms. The number of ether oxygens (including phenoxy) is 1. The quantitative estimate of drug-likeness (QED) is 0.915. The van der Waals surface area contributed by atoms with Crippen LogP contribution in [0.15, 0.2) is 42.5 Å². The third-order valence-electron chi connectivity index (χ3n) is 4.90. The van der Waals surface area contributed by atoms with Gasteiger partial charge in [-0.25, -0.2) is 0 Å². The van der Waals surface area contributed by atoms with Gasteiger partial charge in [0.25, 0.3) is 0 Å². The molecule has 3 atom stereocenters. The van der Waals surface area contributed by atoms with Gasteiger partial charge < -0.3 is 15.0 Å². The van der Waals surface area contributed by atoms with Gasteiger partial charge in [-0.15, -0.1) is 0 Å². The summed E-state index contributed by atoms with van der Waals surface area (Å²) >= 11 is 0. The highest BCUT2D eigenvalue weighted by atomic mass is 16.5. The average Bonchev–Trinajstić information content (AvgIpc) is 2.94. The summed E-state index contributed by atoms with van der Waals surface area (Å²) in [6.45, 7) is 5.66. The summed E-state index contributed by atoms with van der Waals surface area (Å²) in [6, 6.07) is 14.7. The molecule has 1 N–H and O–H groups in total. The molecule has 126 valence electrons. The lowest BCUT2D eigenvalue weighted by Crippen LogP contribution is -2.45. The number of nitrogens with one attached hydrogen (secondary N) is 1. The number of hydrogen-bond donors (Lipinski definition) is 1. The molecule has 0 saturated carbocycles. The Hall–Kier alpha value is -1.88. The van der Waals surface area contributed by atoms with E-state index in [1.165, 1.54) is 16.7 Å². The van der Waals surface area contributed by atoms with E-state index in [0.29, 0.717) is 12.5 Å². The monoisotopic (exact) mass is 323 g/mol. The maximum atomic E-state index is 12.2. The van der Waals surface area contributed by atoms with Crippen molar-refractivity contribution in [3.63, 3.8) is 0 Å². The van der Waals surface area contributed by atoms with E-state index in [1.54, 1.807) is 0 Å². The molecule has 2 aliphatic heterocycles. The molecule has 0 amide bonds. The minimum Gasteiger partial charge on any atom is -0.784 e. The fraction of sp³-hybridized carbons (Fsp3) is 0.400. The molecule has 3 unspecified atom stereocenters. The van der Waals surface area contributed by atoms with E-state index in [2.05, 4.69) is 61.6 Å². The van der Waals surface area contributed by atoms with E-state index in [9.17, 15) is 5.21 Å². The third kappa shape index (κ3) is 2.93. The first-order valence-corrected chi connectivity index (χ1v) is 8.67. The highest BCUT2D eigenvalue weighted by molar-refractivity contribution is 5.66. The Balaban J connectivity index is 1.55. The molecule has 4 heteroatoms. The number of fused-ring (bicyclic) bond motifs is 1. The zero-order chi connectivity index (χ0) is 16.7. The van der Waals surface area contributed by atoms with E-state index in [1.807, 2.05) is 0 Å². The Labute approximate surface area is 143 Å². The van der Waals surface area contributed by atoms with Crippen molar-refractivity contribution in [2.75, 3.05) is 13.1 Å². The fourth-order valence-electron chi connectivity index (χ4n) is 3.64. The van der Waals surface area contributed by atoms with Gasteiger partial charge in [0.2, 0.25) is 0 Å². The van der Waals surface area contributed by atoms with E-state index in [-0.39, 0.29) is 12.3 Å². The summed E-state index contributed by atoms with van der Waals surface area (Å²) < 4.78 is 5.77. The normalized spacial score (nSPS) is 26.9. The lowest BCUT2D eigenvalue weighted by molar-refractivity contribution is 0.155. The summed E-state index contributed by atoms with van der Waals surface area (Å²) in [5.74, 6) is 1.40. The topological polar surface area (TPSA) is 47.6 Å². The molecule has 0 aromatic heterocycles. The Morgan fingerprint density at radius 3 is 2.58 bits per heavy atom. The predicted molar refractivity (Wildman–Crippen MR) is 95.7 cm³/mol. The smallest absolute Gasteiger partial charge is 0.123 e. The molecule has 2 aromatic carbocycles. The number of hydroxylamine groups is 2. The zero-order valence-electron chi connectivity index (χ0n) is 14.2. The van der Waals surface area contributed by atoms with Crippen LogP contribution in [0.5, 0.6) is 5.75 Å². The van der Waals surface area contributed by atoms with Crippen LogP contribution in [0.1, 0.15) is 31.1 Å². The molecule has 2 heterocycles. The molecule has 2 aromatic rings. The minimum atomic E-state index is -0.232. The maximum absolute atomic E-state index is 12.2. The van der Waals surface area contributed by atoms with Gasteiger partial charge in [-0.2, -0.15) is 0 Å². The van der Waals surface area contributed by atoms with Gasteiger partial charge >= 0.3 is 0 Å². The third-order valence-corrected chi connectivity index (χ3v) is 4.90. The van der Waals surface area contributed by atoms with Crippen molar-refractivity contribution in [3.05, 3.63) is 58.8 Å². The summed E-state index contributed by atoms with van der Waals surface area (Å²) in [5, 5.41) is 16.6. The number of rotatable bonds is 2. The minimum absolute atomic E-state index is 0.232. The molecule has 0 radical (unpaired) electrons. The maximum Gasteiger partial charge on any atom is 0.123 e. The summed E-state index contributed by atoms with van der Waals surface area (Å²) in [7, 11) is 0. The van der Waals surface area contributed by atoms with Gasteiger partial charge in [-0.05, 0) is 53.8 Å². The van der Waals surface area contributed by atoms with Gasteiger partial charge in [-0.1, -0.05) is 37.3 Å². The first-order valence-electron chi connectivity index (χ1n) is 8.67. The highest BCUT2D eigenvalue weighted by Gasteiger charge is 2.21. The average molecular weight is 323 g/mol. The fourth-order valence-corrected chi connectivity index (χ4v) is 3.64. The van der Waals surface area contributed by atoms with Crippen LogP contribution in [-0.4, -0.2) is 24.3 Å². The van der Waals surface area contributed by atoms with Crippen LogP contribution in [0.25, 0.3) is 11.1 Å². The molecule has 1 fully saturated rings. The van der Waals surface area contributed by atoms with Crippen LogP contribution >= 0.6 is 0 Å². The zero-order valence-corrected chi connectivity index (χ0v) is 14.2. The van der Waals surface area contributed by atoms with E-state index in [4.69, 9.17) is 4.74 Å². The van der Waals surface area contributed by atoms with Crippen LogP contribution in [0.4, 0.5) is 0 Å². The van der Waals surface area contributed by atoms with Crippen LogP contribution in [0.2, 0.25) is 0 Å². The Kier molecular flexibility index (Phi) is 4.04. The van der Waals surface area contributed by atoms with Crippen LogP contribution < -0.4 is 10.1 Å². The SMILES string of the molecule is CC1CNC(c2ccc(-c3ccc4c(c3)CC(C)O4)cc2)N([O-])C1. The standard InChI is InChI=1S/C20H23N2O2/c1-13-11-21-20(22(23)12-13)16-5-3-15(4-6-16)17-7-8-19-18(10-17)9-14(2)24-19/h3-8,10,13-14,20-21H,9,11-12H2,1-2H3/q-1. The second-order valence-corrected chi connectivity index (χ2v) is 7.09. The van der Waals surface area contributed by atoms with E-state index in [0.717, 1.165) is 29.3 Å². The van der Waals surface area contributed by atoms with Crippen molar-refractivity contribution in [1.82, 2.24) is 10.4 Å². The second-order valence-electron chi connectivity index (χ2n) is 7.09. The Morgan fingerprint density at radius 1 is 1.08 bits per heavy atom. The lowest BCUT2D eigenvalue weighted by Gasteiger charge is -2.44. The summed E-state index contributed by atoms with van der Waals surface area (Å²) in [4.78, 5) is 0. The molecule has 4 nitrogen and oxygen atoms in total. The van der Waals surface area contributed by atoms with Gasteiger partial charge in [0.1, 0.15) is 11.9 Å². The first-order chi connectivity index (χ1) is 11.6. The largest absolute Gasteiger partial charge is 0.784 e. The van der Waals surface area contributed by atoms with Gasteiger partial charge in [0, 0.05) is 13.0 Å². The van der Waals surface area contributed by atoms with E-state index >= 15 is 0 Å². The molecule has 2 aliphatic rings. The Morgan fingerprint density at radius 2 is 1.83 bits per heavy atom. The number of nitrogens with zero attached hydrogens (tertiary/aromatic N) is 1. The molecule has 1 saturated heterocycles. The van der Waals surface area contributed by atoms with Crippen molar-refractivity contribution in [2.24, 2.45) is 5.92 Å². The highest BCUT2D eigenvalue weighted by Crippen LogP contribution is 2.33. The molecule has 4 rings (SSSR count). The predicted octanol–water partition coefficient (Wildman–Crippen LogP) is 3.71. The Bertz CT molecular complexity index is 729. The van der Waals surface area contributed by atoms with Crippen molar-refractivity contribution in [2.45, 2.75) is 32.5 Å². The van der Waals surface area contributed by atoms with Crippen molar-refractivity contribution < 1.29 is 4.74 Å². The summed E-state index contributed by atoms with van der Waals surface area (Å²) in [6.07, 6.45) is 1.00. The van der Waals surface area contributed by atoms with Gasteiger partial charge in [0.05, 0.1) is 6.17 Å². The first kappa shape index (κ1) is 15.6. The van der Waals surface area contributed by atoms with Gasteiger partial charge in [0.15, 0.2) is 0 Å². The number of hydrogen-bond acceptors (Lipinski definition) is 4. The van der Waals surface area contributed by atoms with E-state index < -0.39 is 0 Å². The van der Waals surface area contributed by atoms with Crippen LogP contribution in [0.3, 0.4) is 0 Å². The summed E-state index contributed by atoms with van der Waals surface area (Å²) in [5.41, 5.74) is 4.67. The molecule has 0 aliphatic carbocycles. The molecule has 24 heavy (non-hydrogen) atoms. The number of benzene rings is 2. The molecular formula is C20H23N2O2-.